The molecule has 1 atom stereocenters. The zero-order valence-corrected chi connectivity index (χ0v) is 16.0. The maximum Gasteiger partial charge on any atom is 0.222 e. The average molecular weight is 371 g/mol. The molecular formula is C18H27ClN2O2S. The predicted octanol–water partition coefficient (Wildman–Crippen LogP) is 3.19. The summed E-state index contributed by atoms with van der Waals surface area (Å²) in [6.45, 7) is 7.56. The van der Waals surface area contributed by atoms with Gasteiger partial charge in [-0.1, -0.05) is 23.7 Å². The van der Waals surface area contributed by atoms with Gasteiger partial charge in [-0.25, -0.2) is 0 Å². The molecule has 134 valence electrons. The normalized spacial score (nSPS) is 18.8. The highest BCUT2D eigenvalue weighted by Gasteiger charge is 2.24. The van der Waals surface area contributed by atoms with Gasteiger partial charge in [0, 0.05) is 42.2 Å². The topological polar surface area (TPSA) is 41.6 Å². The molecule has 6 heteroatoms. The van der Waals surface area contributed by atoms with Gasteiger partial charge in [-0.05, 0) is 31.5 Å². The van der Waals surface area contributed by atoms with Gasteiger partial charge in [0.05, 0.1) is 19.1 Å². The molecule has 2 rings (SSSR count). The Morgan fingerprint density at radius 3 is 3.08 bits per heavy atom. The van der Waals surface area contributed by atoms with Crippen LogP contribution in [0, 0.1) is 0 Å². The molecule has 0 aromatic heterocycles. The van der Waals surface area contributed by atoms with Crippen molar-refractivity contribution < 1.29 is 9.53 Å². The number of morpholine rings is 1. The van der Waals surface area contributed by atoms with Crippen molar-refractivity contribution >= 4 is 29.3 Å². The molecule has 1 saturated heterocycles. The van der Waals surface area contributed by atoms with E-state index in [-0.39, 0.29) is 12.0 Å². The van der Waals surface area contributed by atoms with E-state index >= 15 is 0 Å². The molecule has 1 aliphatic heterocycles. The molecule has 0 radical (unpaired) electrons. The Bertz CT molecular complexity index is 527. The second-order valence-electron chi connectivity index (χ2n) is 6.32. The van der Waals surface area contributed by atoms with Crippen molar-refractivity contribution in [1.29, 1.82) is 0 Å². The maximum absolute atomic E-state index is 12.0. The highest BCUT2D eigenvalue weighted by Crippen LogP contribution is 2.16. The van der Waals surface area contributed by atoms with E-state index in [1.54, 1.807) is 11.8 Å². The number of carbonyl (C=O) groups is 1. The van der Waals surface area contributed by atoms with Crippen LogP contribution < -0.4 is 5.32 Å². The molecular weight excluding hydrogens is 344 g/mol. The Labute approximate surface area is 154 Å². The Morgan fingerprint density at radius 2 is 2.33 bits per heavy atom. The summed E-state index contributed by atoms with van der Waals surface area (Å²) in [4.78, 5) is 14.4. The SMILES string of the molecule is CC(C)N1CCO[C@H](CC(=O)NCCSCc2cccc(Cl)c2)C1. The van der Waals surface area contributed by atoms with Gasteiger partial charge in [0.25, 0.3) is 0 Å². The number of thioether (sulfide) groups is 1. The van der Waals surface area contributed by atoms with Crippen molar-refractivity contribution in [2.24, 2.45) is 0 Å². The maximum atomic E-state index is 12.0. The minimum absolute atomic E-state index is 0.0141. The van der Waals surface area contributed by atoms with Gasteiger partial charge >= 0.3 is 0 Å². The van der Waals surface area contributed by atoms with E-state index in [4.69, 9.17) is 16.3 Å². The molecule has 0 spiro atoms. The number of hydrogen-bond acceptors (Lipinski definition) is 4. The van der Waals surface area contributed by atoms with E-state index < -0.39 is 0 Å². The number of amides is 1. The van der Waals surface area contributed by atoms with Gasteiger partial charge in [0.15, 0.2) is 0 Å². The molecule has 0 saturated carbocycles. The van der Waals surface area contributed by atoms with Gasteiger partial charge in [-0.15, -0.1) is 0 Å². The molecule has 1 amide bonds. The fourth-order valence-corrected chi connectivity index (χ4v) is 3.71. The van der Waals surface area contributed by atoms with E-state index in [1.807, 2.05) is 18.2 Å². The predicted molar refractivity (Wildman–Crippen MR) is 102 cm³/mol. The first-order valence-corrected chi connectivity index (χ1v) is 10.0. The summed E-state index contributed by atoms with van der Waals surface area (Å²) in [6.07, 6.45) is 0.461. The van der Waals surface area contributed by atoms with Gasteiger partial charge in [0.1, 0.15) is 0 Å². The highest BCUT2D eigenvalue weighted by atomic mass is 35.5. The number of ether oxygens (including phenoxy) is 1. The van der Waals surface area contributed by atoms with Crippen molar-refractivity contribution in [3.05, 3.63) is 34.9 Å². The van der Waals surface area contributed by atoms with Crippen molar-refractivity contribution in [3.63, 3.8) is 0 Å². The summed E-state index contributed by atoms with van der Waals surface area (Å²) in [5.74, 6) is 1.88. The third-order valence-electron chi connectivity index (χ3n) is 4.04. The summed E-state index contributed by atoms with van der Waals surface area (Å²) in [5, 5.41) is 3.76. The number of nitrogens with zero attached hydrogens (tertiary/aromatic N) is 1. The summed E-state index contributed by atoms with van der Waals surface area (Å²) in [6, 6.07) is 8.39. The molecule has 1 aromatic rings. The lowest BCUT2D eigenvalue weighted by Gasteiger charge is -2.35. The molecule has 1 heterocycles. The van der Waals surface area contributed by atoms with Crippen molar-refractivity contribution in [2.45, 2.75) is 38.2 Å². The van der Waals surface area contributed by atoms with Crippen LogP contribution in [0.15, 0.2) is 24.3 Å². The minimum Gasteiger partial charge on any atom is -0.375 e. The van der Waals surface area contributed by atoms with Crippen molar-refractivity contribution in [1.82, 2.24) is 10.2 Å². The van der Waals surface area contributed by atoms with E-state index in [0.717, 1.165) is 29.6 Å². The highest BCUT2D eigenvalue weighted by molar-refractivity contribution is 7.98. The summed E-state index contributed by atoms with van der Waals surface area (Å²) in [7, 11) is 0. The standard InChI is InChI=1S/C18H27ClN2O2S/c1-14(2)21-7-8-23-17(12-21)11-18(22)20-6-9-24-13-15-4-3-5-16(19)10-15/h3-5,10,14,17H,6-9,11-13H2,1-2H3,(H,20,22)/t17-/m1/s1. The molecule has 1 aliphatic rings. The monoisotopic (exact) mass is 370 g/mol. The largest absolute Gasteiger partial charge is 0.375 e. The number of hydrogen-bond donors (Lipinski definition) is 1. The quantitative estimate of drug-likeness (QED) is 0.713. The lowest BCUT2D eigenvalue weighted by atomic mass is 10.1. The lowest BCUT2D eigenvalue weighted by molar-refractivity contribution is -0.126. The van der Waals surface area contributed by atoms with Gasteiger partial charge in [0.2, 0.25) is 5.91 Å². The Morgan fingerprint density at radius 1 is 1.50 bits per heavy atom. The third kappa shape index (κ3) is 7.01. The smallest absolute Gasteiger partial charge is 0.222 e. The molecule has 0 bridgehead atoms. The number of carbonyl (C=O) groups excluding carboxylic acids is 1. The summed E-state index contributed by atoms with van der Waals surface area (Å²) < 4.78 is 5.71. The van der Waals surface area contributed by atoms with Crippen LogP contribution in [0.25, 0.3) is 0 Å². The Hall–Kier alpha value is -0.750. The molecule has 1 N–H and O–H groups in total. The fraction of sp³-hybridized carbons (Fsp3) is 0.611. The van der Waals surface area contributed by atoms with Crippen LogP contribution in [0.5, 0.6) is 0 Å². The van der Waals surface area contributed by atoms with Crippen molar-refractivity contribution in [3.8, 4) is 0 Å². The molecule has 4 nitrogen and oxygen atoms in total. The lowest BCUT2D eigenvalue weighted by Crippen LogP contribution is -2.47. The first kappa shape index (κ1) is 19.6. The second-order valence-corrected chi connectivity index (χ2v) is 7.86. The van der Waals surface area contributed by atoms with E-state index in [2.05, 4.69) is 30.1 Å². The van der Waals surface area contributed by atoms with E-state index in [0.29, 0.717) is 25.6 Å². The average Bonchev–Trinajstić information content (AvgIpc) is 2.55. The zero-order chi connectivity index (χ0) is 17.4. The van der Waals surface area contributed by atoms with Crippen LogP contribution in [0.3, 0.4) is 0 Å². The van der Waals surface area contributed by atoms with Gasteiger partial charge < -0.3 is 10.1 Å². The van der Waals surface area contributed by atoms with Crippen LogP contribution in [-0.2, 0) is 15.3 Å². The molecule has 1 fully saturated rings. The Balaban J connectivity index is 1.58. The van der Waals surface area contributed by atoms with E-state index in [1.165, 1.54) is 5.56 Å². The number of rotatable bonds is 8. The van der Waals surface area contributed by atoms with Gasteiger partial charge in [-0.2, -0.15) is 11.8 Å². The fourth-order valence-electron chi connectivity index (χ4n) is 2.69. The molecule has 1 aromatic carbocycles. The number of halogens is 1. The third-order valence-corrected chi connectivity index (χ3v) is 5.31. The molecule has 24 heavy (non-hydrogen) atoms. The summed E-state index contributed by atoms with van der Waals surface area (Å²) >= 11 is 7.76. The zero-order valence-electron chi connectivity index (χ0n) is 14.5. The van der Waals surface area contributed by atoms with Crippen LogP contribution >= 0.6 is 23.4 Å². The van der Waals surface area contributed by atoms with Gasteiger partial charge in [-0.3, -0.25) is 9.69 Å². The summed E-state index contributed by atoms with van der Waals surface area (Å²) in [5.41, 5.74) is 1.21. The first-order chi connectivity index (χ1) is 11.5. The Kier molecular flexibility index (Phi) is 8.39. The molecule has 0 aliphatic carbocycles. The second kappa shape index (κ2) is 10.3. The number of benzene rings is 1. The van der Waals surface area contributed by atoms with Crippen LogP contribution in [0.2, 0.25) is 5.02 Å². The minimum atomic E-state index is 0.0141. The van der Waals surface area contributed by atoms with Crippen LogP contribution in [0.4, 0.5) is 0 Å². The number of nitrogens with one attached hydrogen (secondary N) is 1. The van der Waals surface area contributed by atoms with Crippen molar-refractivity contribution in [2.75, 3.05) is 32.0 Å². The molecule has 0 unspecified atom stereocenters. The van der Waals surface area contributed by atoms with Crippen LogP contribution in [-0.4, -0.2) is 54.9 Å². The van der Waals surface area contributed by atoms with E-state index in [9.17, 15) is 4.79 Å². The van der Waals surface area contributed by atoms with Crippen LogP contribution in [0.1, 0.15) is 25.8 Å². The first-order valence-electron chi connectivity index (χ1n) is 8.49.